The largest absolute Gasteiger partial charge is 0.506 e. The summed E-state index contributed by atoms with van der Waals surface area (Å²) in [7, 11) is 0. The number of nitrogens with two attached hydrogens (primary N) is 1. The van der Waals surface area contributed by atoms with Crippen molar-refractivity contribution in [2.45, 2.75) is 6.92 Å². The van der Waals surface area contributed by atoms with Crippen molar-refractivity contribution in [3.63, 3.8) is 0 Å². The van der Waals surface area contributed by atoms with Crippen molar-refractivity contribution in [3.05, 3.63) is 18.2 Å². The summed E-state index contributed by atoms with van der Waals surface area (Å²) in [6.45, 7) is 1.29. The molecule has 0 fully saturated rings. The molecule has 3 N–H and O–H groups in total. The summed E-state index contributed by atoms with van der Waals surface area (Å²) in [5.74, 6) is -0.234. The molecule has 0 spiro atoms. The third-order valence-corrected chi connectivity index (χ3v) is 1.26. The van der Waals surface area contributed by atoms with Crippen molar-refractivity contribution < 1.29 is 14.6 Å². The molecule has 0 aliphatic rings. The van der Waals surface area contributed by atoms with Gasteiger partial charge in [-0.3, -0.25) is 4.79 Å². The Morgan fingerprint density at radius 2 is 2.15 bits per heavy atom. The third-order valence-electron chi connectivity index (χ3n) is 1.26. The molecule has 0 aliphatic carbocycles. The summed E-state index contributed by atoms with van der Waals surface area (Å²) >= 11 is 0. The minimum Gasteiger partial charge on any atom is -0.506 e. The van der Waals surface area contributed by atoms with Crippen LogP contribution in [0.4, 0.5) is 5.69 Å². The topological polar surface area (TPSA) is 72.5 Å². The second-order valence-electron chi connectivity index (χ2n) is 2.31. The molecule has 1 rings (SSSR count). The van der Waals surface area contributed by atoms with E-state index in [9.17, 15) is 4.79 Å². The first-order valence-corrected chi connectivity index (χ1v) is 3.36. The molecule has 1 aromatic rings. The number of hydrogen-bond acceptors (Lipinski definition) is 4. The summed E-state index contributed by atoms with van der Waals surface area (Å²) in [5, 5.41) is 9.10. The molecule has 0 unspecified atom stereocenters. The number of phenols is 1. The number of rotatable bonds is 1. The Morgan fingerprint density at radius 3 is 2.62 bits per heavy atom. The lowest BCUT2D eigenvalue weighted by Crippen LogP contribution is -2.01. The SMILES string of the molecule is CC(=O)Oc1ccc(N)c(O)c1.Cl. The molecule has 0 heterocycles. The zero-order valence-corrected chi connectivity index (χ0v) is 7.80. The lowest BCUT2D eigenvalue weighted by Gasteiger charge is -2.02. The van der Waals surface area contributed by atoms with Gasteiger partial charge >= 0.3 is 5.97 Å². The van der Waals surface area contributed by atoms with E-state index < -0.39 is 5.97 Å². The van der Waals surface area contributed by atoms with Gasteiger partial charge in [-0.05, 0) is 12.1 Å². The van der Waals surface area contributed by atoms with Crippen LogP contribution in [0.2, 0.25) is 0 Å². The van der Waals surface area contributed by atoms with Gasteiger partial charge in [-0.2, -0.15) is 0 Å². The van der Waals surface area contributed by atoms with Crippen molar-refractivity contribution >= 4 is 24.1 Å². The van der Waals surface area contributed by atoms with Gasteiger partial charge in [0.2, 0.25) is 0 Å². The van der Waals surface area contributed by atoms with Crippen molar-refractivity contribution in [1.82, 2.24) is 0 Å². The number of ether oxygens (including phenoxy) is 1. The van der Waals surface area contributed by atoms with E-state index in [1.54, 1.807) is 0 Å². The van der Waals surface area contributed by atoms with Gasteiger partial charge in [0.05, 0.1) is 5.69 Å². The number of anilines is 1. The molecule has 0 saturated heterocycles. The van der Waals surface area contributed by atoms with Crippen molar-refractivity contribution in [2.24, 2.45) is 0 Å². The van der Waals surface area contributed by atoms with Crippen LogP contribution in [0.15, 0.2) is 18.2 Å². The maximum absolute atomic E-state index is 10.5. The maximum Gasteiger partial charge on any atom is 0.308 e. The lowest BCUT2D eigenvalue weighted by atomic mass is 10.3. The highest BCUT2D eigenvalue weighted by Crippen LogP contribution is 2.24. The second kappa shape index (κ2) is 4.57. The molecular weight excluding hydrogens is 194 g/mol. The third kappa shape index (κ3) is 3.21. The Morgan fingerprint density at radius 1 is 1.54 bits per heavy atom. The van der Waals surface area contributed by atoms with Crippen LogP contribution in [0, 0.1) is 0 Å². The van der Waals surface area contributed by atoms with E-state index in [1.807, 2.05) is 0 Å². The van der Waals surface area contributed by atoms with Crippen LogP contribution in [0.5, 0.6) is 11.5 Å². The zero-order chi connectivity index (χ0) is 9.14. The number of phenolic OH excluding ortho intramolecular Hbond substituents is 1. The van der Waals surface area contributed by atoms with Gasteiger partial charge in [0.15, 0.2) is 0 Å². The van der Waals surface area contributed by atoms with Crippen LogP contribution in [0.1, 0.15) is 6.92 Å². The smallest absolute Gasteiger partial charge is 0.308 e. The number of aromatic hydroxyl groups is 1. The van der Waals surface area contributed by atoms with E-state index in [4.69, 9.17) is 15.6 Å². The van der Waals surface area contributed by atoms with Crippen LogP contribution in [0.25, 0.3) is 0 Å². The average Bonchev–Trinajstić information content (AvgIpc) is 1.96. The monoisotopic (exact) mass is 203 g/mol. The fraction of sp³-hybridized carbons (Fsp3) is 0.125. The maximum atomic E-state index is 10.5. The standard InChI is InChI=1S/C8H9NO3.ClH/c1-5(10)12-6-2-3-7(9)8(11)4-6;/h2-4,11H,9H2,1H3;1H. The molecule has 0 radical (unpaired) electrons. The van der Waals surface area contributed by atoms with Gasteiger partial charge in [-0.15, -0.1) is 12.4 Å². The van der Waals surface area contributed by atoms with Gasteiger partial charge in [0.1, 0.15) is 11.5 Å². The highest BCUT2D eigenvalue weighted by Gasteiger charge is 2.01. The molecule has 0 aliphatic heterocycles. The second-order valence-corrected chi connectivity index (χ2v) is 2.31. The molecule has 4 nitrogen and oxygen atoms in total. The first-order chi connectivity index (χ1) is 5.59. The van der Waals surface area contributed by atoms with E-state index in [1.165, 1.54) is 25.1 Å². The molecule has 0 atom stereocenters. The highest BCUT2D eigenvalue weighted by molar-refractivity contribution is 5.85. The Hall–Kier alpha value is -1.42. The molecule has 0 aromatic heterocycles. The number of carbonyl (C=O) groups is 1. The van der Waals surface area contributed by atoms with E-state index in [2.05, 4.69) is 0 Å². The number of carbonyl (C=O) groups excluding carboxylic acids is 1. The van der Waals surface area contributed by atoms with Gasteiger partial charge in [0.25, 0.3) is 0 Å². The Bertz CT molecular complexity index is 314. The Labute approximate surface area is 81.7 Å². The first kappa shape index (κ1) is 11.6. The van der Waals surface area contributed by atoms with Gasteiger partial charge in [-0.1, -0.05) is 0 Å². The quantitative estimate of drug-likeness (QED) is 0.313. The number of nitrogen functional groups attached to an aromatic ring is 1. The predicted octanol–water partition coefficient (Wildman–Crippen LogP) is 1.32. The minimum atomic E-state index is -0.431. The summed E-state index contributed by atoms with van der Waals surface area (Å²) in [5.41, 5.74) is 5.58. The number of esters is 1. The fourth-order valence-electron chi connectivity index (χ4n) is 0.753. The van der Waals surface area contributed by atoms with E-state index in [-0.39, 0.29) is 29.6 Å². The highest BCUT2D eigenvalue weighted by atomic mass is 35.5. The molecule has 0 bridgehead atoms. The summed E-state index contributed by atoms with van der Waals surface area (Å²) in [4.78, 5) is 10.5. The van der Waals surface area contributed by atoms with Crippen LogP contribution >= 0.6 is 12.4 Å². The van der Waals surface area contributed by atoms with Crippen LogP contribution < -0.4 is 10.5 Å². The predicted molar refractivity (Wildman–Crippen MR) is 51.1 cm³/mol. The molecule has 1 aromatic carbocycles. The van der Waals surface area contributed by atoms with E-state index in [0.29, 0.717) is 0 Å². The van der Waals surface area contributed by atoms with E-state index in [0.717, 1.165) is 0 Å². The van der Waals surface area contributed by atoms with Crippen molar-refractivity contribution in [1.29, 1.82) is 0 Å². The van der Waals surface area contributed by atoms with Crippen LogP contribution in [-0.4, -0.2) is 11.1 Å². The molecule has 0 amide bonds. The van der Waals surface area contributed by atoms with Gasteiger partial charge in [-0.25, -0.2) is 0 Å². The van der Waals surface area contributed by atoms with Gasteiger partial charge in [0, 0.05) is 13.0 Å². The molecular formula is C8H10ClNO3. The first-order valence-electron chi connectivity index (χ1n) is 3.36. The van der Waals surface area contributed by atoms with Crippen molar-refractivity contribution in [3.8, 4) is 11.5 Å². The average molecular weight is 204 g/mol. The minimum absolute atomic E-state index is 0. The fourth-order valence-corrected chi connectivity index (χ4v) is 0.753. The van der Waals surface area contributed by atoms with Crippen molar-refractivity contribution in [2.75, 3.05) is 5.73 Å². The molecule has 5 heteroatoms. The number of hydrogen-bond donors (Lipinski definition) is 2. The van der Waals surface area contributed by atoms with E-state index >= 15 is 0 Å². The van der Waals surface area contributed by atoms with Crippen LogP contribution in [-0.2, 0) is 4.79 Å². The summed E-state index contributed by atoms with van der Waals surface area (Å²) in [6.07, 6.45) is 0. The molecule has 0 saturated carbocycles. The number of halogens is 1. The zero-order valence-electron chi connectivity index (χ0n) is 6.98. The van der Waals surface area contributed by atoms with Gasteiger partial charge < -0.3 is 15.6 Å². The molecule has 13 heavy (non-hydrogen) atoms. The number of benzene rings is 1. The summed E-state index contributed by atoms with van der Waals surface area (Å²) < 4.78 is 4.70. The normalized spacial score (nSPS) is 8.69. The van der Waals surface area contributed by atoms with Crippen LogP contribution in [0.3, 0.4) is 0 Å². The summed E-state index contributed by atoms with van der Waals surface area (Å²) in [6, 6.07) is 4.26. The Balaban J connectivity index is 0.00000144. The lowest BCUT2D eigenvalue weighted by molar-refractivity contribution is -0.131. The Kier molecular flexibility index (Phi) is 4.07. The molecule has 72 valence electrons.